The molecule has 0 aromatic carbocycles. The van der Waals surface area contributed by atoms with Gasteiger partial charge < -0.3 is 4.74 Å². The molecule has 4 aliphatic rings. The molecular formula is C17H26N4O4S. The first kappa shape index (κ1) is 17.9. The van der Waals surface area contributed by atoms with Gasteiger partial charge in [-0.25, -0.2) is 13.1 Å². The number of piperidine rings is 1. The second kappa shape index (κ2) is 6.61. The van der Waals surface area contributed by atoms with Crippen LogP contribution in [0.4, 0.5) is 5.82 Å². The molecule has 3 saturated heterocycles. The van der Waals surface area contributed by atoms with Crippen LogP contribution >= 0.6 is 0 Å². The van der Waals surface area contributed by atoms with Gasteiger partial charge in [-0.05, 0) is 44.4 Å². The number of aryl methyl sites for hydroxylation is 1. The lowest BCUT2D eigenvalue weighted by atomic mass is 9.77. The quantitative estimate of drug-likeness (QED) is 0.813. The third kappa shape index (κ3) is 3.39. The summed E-state index contributed by atoms with van der Waals surface area (Å²) in [5.41, 5.74) is -0.569. The van der Waals surface area contributed by atoms with E-state index in [1.807, 2.05) is 0 Å². The van der Waals surface area contributed by atoms with Crippen molar-refractivity contribution in [1.82, 2.24) is 14.5 Å². The molecule has 2 bridgehead atoms. The Morgan fingerprint density at radius 3 is 2.73 bits per heavy atom. The summed E-state index contributed by atoms with van der Waals surface area (Å²) in [6, 6.07) is 1.04. The molecule has 8 nitrogen and oxygen atoms in total. The minimum Gasteiger partial charge on any atom is -0.374 e. The van der Waals surface area contributed by atoms with Gasteiger partial charge in [-0.1, -0.05) is 0 Å². The summed E-state index contributed by atoms with van der Waals surface area (Å²) in [5.74, 6) is 1.00. The summed E-state index contributed by atoms with van der Waals surface area (Å²) in [5, 5.41) is 4.10. The van der Waals surface area contributed by atoms with Crippen molar-refractivity contribution in [2.24, 2.45) is 13.0 Å². The Kier molecular flexibility index (Phi) is 4.56. The topological polar surface area (TPSA) is 93.5 Å². The molecule has 4 heterocycles. The van der Waals surface area contributed by atoms with Gasteiger partial charge in [0.1, 0.15) is 11.9 Å². The number of nitrogens with zero attached hydrogens (tertiary/aromatic N) is 3. The van der Waals surface area contributed by atoms with Crippen molar-refractivity contribution >= 4 is 21.7 Å². The van der Waals surface area contributed by atoms with Crippen molar-refractivity contribution in [3.05, 3.63) is 12.3 Å². The van der Waals surface area contributed by atoms with Gasteiger partial charge in [-0.15, -0.1) is 0 Å². The number of ether oxygens (including phenoxy) is 1. The van der Waals surface area contributed by atoms with Gasteiger partial charge in [0.05, 0.1) is 24.2 Å². The molecule has 1 aromatic rings. The molecule has 1 amide bonds. The molecule has 9 heteroatoms. The summed E-state index contributed by atoms with van der Waals surface area (Å²) in [6.07, 6.45) is 6.54. The lowest BCUT2D eigenvalue weighted by Gasteiger charge is -2.46. The normalized spacial score (nSPS) is 32.2. The highest BCUT2D eigenvalue weighted by molar-refractivity contribution is 7.89. The Morgan fingerprint density at radius 1 is 1.35 bits per heavy atom. The first-order valence-corrected chi connectivity index (χ1v) is 11.0. The summed E-state index contributed by atoms with van der Waals surface area (Å²) in [4.78, 5) is 14.4. The van der Waals surface area contributed by atoms with Crippen LogP contribution in [-0.4, -0.2) is 54.7 Å². The van der Waals surface area contributed by atoms with Crippen molar-refractivity contribution in [2.75, 3.05) is 23.8 Å². The number of hydrogen-bond donors (Lipinski definition) is 1. The predicted octanol–water partition coefficient (Wildman–Crippen LogP) is 0.794. The highest BCUT2D eigenvalue weighted by Gasteiger charge is 2.45. The van der Waals surface area contributed by atoms with Crippen LogP contribution in [0.5, 0.6) is 0 Å². The second-order valence-corrected chi connectivity index (χ2v) is 9.57. The van der Waals surface area contributed by atoms with Crippen LogP contribution in [0.15, 0.2) is 12.3 Å². The van der Waals surface area contributed by atoms with Gasteiger partial charge in [0, 0.05) is 19.7 Å². The fraction of sp³-hybridized carbons (Fsp3) is 0.765. The molecule has 4 fully saturated rings. The maximum absolute atomic E-state index is 12.8. The van der Waals surface area contributed by atoms with Gasteiger partial charge in [0.2, 0.25) is 15.9 Å². The smallest absolute Gasteiger partial charge is 0.246 e. The molecule has 0 radical (unpaired) electrons. The van der Waals surface area contributed by atoms with Crippen molar-refractivity contribution < 1.29 is 17.9 Å². The first-order valence-electron chi connectivity index (χ1n) is 9.31. The number of amides is 1. The van der Waals surface area contributed by atoms with Gasteiger partial charge in [-0.2, -0.15) is 5.10 Å². The number of nitrogens with one attached hydrogen (secondary N) is 1. The van der Waals surface area contributed by atoms with Crippen LogP contribution in [0.1, 0.15) is 38.5 Å². The van der Waals surface area contributed by atoms with Crippen LogP contribution in [-0.2, 0) is 26.6 Å². The number of anilines is 1. The fourth-order valence-corrected chi connectivity index (χ4v) is 6.24. The van der Waals surface area contributed by atoms with Gasteiger partial charge in [-0.3, -0.25) is 14.4 Å². The standard InChI is InChI=1S/C17H26N4O4S/c1-20-15(6-9-18-20)21-10-2-3-14(16(21)22)19-26(23,24)12-17-7-4-13(5-8-17)11-25-17/h6,9,13-14,19H,2-5,7-8,10-12H2,1H3. The number of carbonyl (C=O) groups excluding carboxylic acids is 1. The average molecular weight is 382 g/mol. The lowest BCUT2D eigenvalue weighted by Crippen LogP contribution is -2.56. The van der Waals surface area contributed by atoms with Gasteiger partial charge >= 0.3 is 0 Å². The molecule has 5 rings (SSSR count). The Labute approximate surface area is 153 Å². The fourth-order valence-electron chi connectivity index (χ4n) is 4.44. The Hall–Kier alpha value is -1.45. The number of carbonyl (C=O) groups is 1. The van der Waals surface area contributed by atoms with E-state index in [1.54, 1.807) is 28.9 Å². The molecule has 1 unspecified atom stereocenters. The molecule has 3 aliphatic heterocycles. The second-order valence-electron chi connectivity index (χ2n) is 7.81. The van der Waals surface area contributed by atoms with Crippen LogP contribution in [0, 0.1) is 5.92 Å². The molecule has 1 aliphatic carbocycles. The van der Waals surface area contributed by atoms with Crippen molar-refractivity contribution in [2.45, 2.75) is 50.2 Å². The first-order chi connectivity index (χ1) is 12.4. The van der Waals surface area contributed by atoms with Gasteiger partial charge in [0.15, 0.2) is 0 Å². The SMILES string of the molecule is Cn1nccc1N1CCCC(NS(=O)(=O)CC23CCC(CC2)CO3)C1=O. The number of hydrogen-bond acceptors (Lipinski definition) is 5. The molecule has 1 atom stereocenters. The maximum Gasteiger partial charge on any atom is 0.246 e. The molecule has 144 valence electrons. The Bertz CT molecular complexity index is 769. The zero-order chi connectivity index (χ0) is 18.4. The van der Waals surface area contributed by atoms with Crippen LogP contribution < -0.4 is 9.62 Å². The van der Waals surface area contributed by atoms with E-state index in [1.165, 1.54) is 0 Å². The monoisotopic (exact) mass is 382 g/mol. The highest BCUT2D eigenvalue weighted by atomic mass is 32.2. The van der Waals surface area contributed by atoms with E-state index in [0.717, 1.165) is 32.1 Å². The summed E-state index contributed by atoms with van der Waals surface area (Å²) >= 11 is 0. The van der Waals surface area contributed by atoms with E-state index in [4.69, 9.17) is 4.74 Å². The molecule has 1 saturated carbocycles. The lowest BCUT2D eigenvalue weighted by molar-refractivity contribution is -0.130. The minimum atomic E-state index is -3.61. The third-order valence-corrected chi connectivity index (χ3v) is 7.48. The van der Waals surface area contributed by atoms with E-state index >= 15 is 0 Å². The predicted molar refractivity (Wildman–Crippen MR) is 96.1 cm³/mol. The van der Waals surface area contributed by atoms with Crippen LogP contribution in [0.3, 0.4) is 0 Å². The van der Waals surface area contributed by atoms with E-state index in [0.29, 0.717) is 31.3 Å². The summed E-state index contributed by atoms with van der Waals surface area (Å²) < 4.78 is 35.7. The molecule has 0 spiro atoms. The molecule has 26 heavy (non-hydrogen) atoms. The van der Waals surface area contributed by atoms with E-state index in [-0.39, 0.29) is 11.7 Å². The number of aromatic nitrogens is 2. The molecule has 1 N–H and O–H groups in total. The third-order valence-electron chi connectivity index (χ3n) is 5.93. The highest BCUT2D eigenvalue weighted by Crippen LogP contribution is 2.41. The Morgan fingerprint density at radius 2 is 2.12 bits per heavy atom. The number of rotatable bonds is 5. The zero-order valence-electron chi connectivity index (χ0n) is 15.1. The maximum atomic E-state index is 12.8. The molecular weight excluding hydrogens is 356 g/mol. The summed E-state index contributed by atoms with van der Waals surface area (Å²) in [6.45, 7) is 1.23. The Balaban J connectivity index is 1.45. The minimum absolute atomic E-state index is 0.0534. The van der Waals surface area contributed by atoms with E-state index in [9.17, 15) is 13.2 Å². The number of fused-ring (bicyclic) bond motifs is 3. The largest absolute Gasteiger partial charge is 0.374 e. The molecule has 1 aromatic heterocycles. The summed E-state index contributed by atoms with van der Waals surface area (Å²) in [7, 11) is -1.84. The van der Waals surface area contributed by atoms with Crippen molar-refractivity contribution in [3.63, 3.8) is 0 Å². The average Bonchev–Trinajstić information content (AvgIpc) is 3.03. The van der Waals surface area contributed by atoms with Gasteiger partial charge in [0.25, 0.3) is 0 Å². The number of sulfonamides is 1. The van der Waals surface area contributed by atoms with Crippen molar-refractivity contribution in [3.8, 4) is 0 Å². The van der Waals surface area contributed by atoms with Crippen LogP contribution in [0.25, 0.3) is 0 Å². The van der Waals surface area contributed by atoms with Crippen LogP contribution in [0.2, 0.25) is 0 Å². The van der Waals surface area contributed by atoms with E-state index in [2.05, 4.69) is 9.82 Å². The van der Waals surface area contributed by atoms with E-state index < -0.39 is 21.7 Å². The zero-order valence-corrected chi connectivity index (χ0v) is 15.9. The van der Waals surface area contributed by atoms with Crippen molar-refractivity contribution in [1.29, 1.82) is 0 Å².